The molecule has 0 bridgehead atoms. The van der Waals surface area contributed by atoms with Crippen LogP contribution < -0.4 is 5.56 Å². The molecule has 0 aromatic carbocycles. The molecule has 0 spiro atoms. The first-order chi connectivity index (χ1) is 6.80. The van der Waals surface area contributed by atoms with Gasteiger partial charge in [-0.15, -0.1) is 0 Å². The van der Waals surface area contributed by atoms with Crippen LogP contribution in [0.1, 0.15) is 5.69 Å². The Balaban J connectivity index is 2.83. The van der Waals surface area contributed by atoms with E-state index in [1.807, 2.05) is 5.10 Å². The lowest BCUT2D eigenvalue weighted by Crippen LogP contribution is -2.24. The molecule has 0 fully saturated rings. The number of hydrogen-bond donors (Lipinski definition) is 1. The van der Waals surface area contributed by atoms with Crippen LogP contribution in [0.4, 0.5) is 13.2 Å². The van der Waals surface area contributed by atoms with Crippen LogP contribution >= 0.6 is 0 Å². The lowest BCUT2D eigenvalue weighted by molar-refractivity contribution is -0.141. The fraction of sp³-hybridized carbons (Fsp3) is 0.625. The van der Waals surface area contributed by atoms with Crippen LogP contribution in [0.15, 0.2) is 10.9 Å². The quantitative estimate of drug-likeness (QED) is 0.821. The van der Waals surface area contributed by atoms with Crippen molar-refractivity contribution in [3.63, 3.8) is 0 Å². The largest absolute Gasteiger partial charge is 0.432 e. The highest BCUT2D eigenvalue weighted by molar-refractivity contribution is 5.03. The molecule has 0 radical (unpaired) electrons. The van der Waals surface area contributed by atoms with E-state index in [1.54, 1.807) is 19.0 Å². The summed E-state index contributed by atoms with van der Waals surface area (Å²) in [6.07, 6.45) is -4.50. The molecular formula is C8H12F3N3O. The third-order valence-corrected chi connectivity index (χ3v) is 1.87. The van der Waals surface area contributed by atoms with Crippen LogP contribution in [0.25, 0.3) is 0 Å². The lowest BCUT2D eigenvalue weighted by atomic mass is 10.4. The predicted octanol–water partition coefficient (Wildman–Crippen LogP) is 0.757. The summed E-state index contributed by atoms with van der Waals surface area (Å²) in [5.74, 6) is 0. The van der Waals surface area contributed by atoms with Crippen LogP contribution in [0.3, 0.4) is 0 Å². The summed E-state index contributed by atoms with van der Waals surface area (Å²) in [6, 6.07) is 0.565. The minimum atomic E-state index is -4.50. The molecule has 0 saturated carbocycles. The molecule has 0 amide bonds. The number of halogens is 3. The summed E-state index contributed by atoms with van der Waals surface area (Å²) >= 11 is 0. The van der Waals surface area contributed by atoms with Crippen LogP contribution in [0, 0.1) is 0 Å². The fourth-order valence-electron chi connectivity index (χ4n) is 1.05. The SMILES string of the molecule is CN(C)CCn1[nH]c(C(F)(F)F)cc1=O. The normalized spacial score (nSPS) is 12.4. The first-order valence-corrected chi connectivity index (χ1v) is 4.32. The summed E-state index contributed by atoms with van der Waals surface area (Å²) in [7, 11) is 3.55. The van der Waals surface area contributed by atoms with Gasteiger partial charge in [0, 0.05) is 12.6 Å². The minimum Gasteiger partial charge on any atom is -0.308 e. The topological polar surface area (TPSA) is 41.0 Å². The molecule has 7 heteroatoms. The number of likely N-dealkylation sites (N-methyl/N-ethyl adjacent to an activating group) is 1. The first kappa shape index (κ1) is 11.8. The molecular weight excluding hydrogens is 211 g/mol. The second-order valence-corrected chi connectivity index (χ2v) is 3.46. The Bertz CT molecular complexity index is 377. The Kier molecular flexibility index (Phi) is 3.23. The maximum Gasteiger partial charge on any atom is 0.432 e. The van der Waals surface area contributed by atoms with Gasteiger partial charge in [0.05, 0.1) is 6.54 Å². The smallest absolute Gasteiger partial charge is 0.308 e. The average molecular weight is 223 g/mol. The summed E-state index contributed by atoms with van der Waals surface area (Å²) < 4.78 is 37.5. The van der Waals surface area contributed by atoms with Gasteiger partial charge in [-0.05, 0) is 14.1 Å². The number of aromatic amines is 1. The average Bonchev–Trinajstić information content (AvgIpc) is 2.42. The van der Waals surface area contributed by atoms with Gasteiger partial charge in [0.25, 0.3) is 5.56 Å². The molecule has 86 valence electrons. The molecule has 4 nitrogen and oxygen atoms in total. The van der Waals surface area contributed by atoms with Crippen molar-refractivity contribution in [1.29, 1.82) is 0 Å². The summed E-state index contributed by atoms with van der Waals surface area (Å²) in [5.41, 5.74) is -1.67. The highest BCUT2D eigenvalue weighted by Crippen LogP contribution is 2.26. The second-order valence-electron chi connectivity index (χ2n) is 3.46. The Hall–Kier alpha value is -1.24. The van der Waals surface area contributed by atoms with Crippen molar-refractivity contribution >= 4 is 0 Å². The Morgan fingerprint density at radius 1 is 1.47 bits per heavy atom. The van der Waals surface area contributed by atoms with Gasteiger partial charge in [-0.2, -0.15) is 13.2 Å². The molecule has 0 atom stereocenters. The fourth-order valence-corrected chi connectivity index (χ4v) is 1.05. The molecule has 0 aliphatic carbocycles. The number of nitrogens with one attached hydrogen (secondary N) is 1. The zero-order chi connectivity index (χ0) is 11.6. The second kappa shape index (κ2) is 4.09. The molecule has 1 heterocycles. The third-order valence-electron chi connectivity index (χ3n) is 1.87. The maximum absolute atomic E-state index is 12.2. The number of alkyl halides is 3. The van der Waals surface area contributed by atoms with Crippen molar-refractivity contribution in [1.82, 2.24) is 14.7 Å². The minimum absolute atomic E-state index is 0.210. The van der Waals surface area contributed by atoms with Gasteiger partial charge < -0.3 is 4.90 Å². The molecule has 0 aliphatic rings. The number of rotatable bonds is 3. The van der Waals surface area contributed by atoms with Gasteiger partial charge in [0.15, 0.2) is 0 Å². The molecule has 0 aliphatic heterocycles. The number of aromatic nitrogens is 2. The summed E-state index contributed by atoms with van der Waals surface area (Å²) in [4.78, 5) is 12.9. The number of nitrogens with zero attached hydrogens (tertiary/aromatic N) is 2. The molecule has 1 rings (SSSR count). The van der Waals surface area contributed by atoms with Crippen molar-refractivity contribution in [3.8, 4) is 0 Å². The van der Waals surface area contributed by atoms with Crippen LogP contribution in [-0.4, -0.2) is 35.3 Å². The first-order valence-electron chi connectivity index (χ1n) is 4.32. The standard InChI is InChI=1S/C8H12F3N3O/c1-13(2)3-4-14-7(15)5-6(12-14)8(9,10)11/h5,12H,3-4H2,1-2H3. The monoisotopic (exact) mass is 223 g/mol. The molecule has 1 aromatic heterocycles. The van der Waals surface area contributed by atoms with E-state index in [2.05, 4.69) is 0 Å². The number of H-pyrrole nitrogens is 1. The van der Waals surface area contributed by atoms with Crippen LogP contribution in [0.5, 0.6) is 0 Å². The van der Waals surface area contributed by atoms with Crippen molar-refractivity contribution < 1.29 is 13.2 Å². The van der Waals surface area contributed by atoms with E-state index in [0.717, 1.165) is 4.68 Å². The van der Waals surface area contributed by atoms with Gasteiger partial charge in [-0.3, -0.25) is 14.6 Å². The Morgan fingerprint density at radius 3 is 2.47 bits per heavy atom. The highest BCUT2D eigenvalue weighted by Gasteiger charge is 2.33. The zero-order valence-corrected chi connectivity index (χ0v) is 8.43. The maximum atomic E-state index is 12.2. The van der Waals surface area contributed by atoms with Crippen molar-refractivity contribution in [2.24, 2.45) is 0 Å². The molecule has 15 heavy (non-hydrogen) atoms. The molecule has 0 unspecified atom stereocenters. The molecule has 0 saturated heterocycles. The van der Waals surface area contributed by atoms with Crippen molar-refractivity contribution in [2.45, 2.75) is 12.7 Å². The Morgan fingerprint density at radius 2 is 2.07 bits per heavy atom. The number of hydrogen-bond acceptors (Lipinski definition) is 2. The lowest BCUT2D eigenvalue weighted by Gasteiger charge is -2.09. The van der Waals surface area contributed by atoms with E-state index in [4.69, 9.17) is 0 Å². The Labute approximate surface area is 84.3 Å². The van der Waals surface area contributed by atoms with Gasteiger partial charge in [0.2, 0.25) is 0 Å². The van der Waals surface area contributed by atoms with E-state index in [-0.39, 0.29) is 6.54 Å². The third kappa shape index (κ3) is 3.12. The van der Waals surface area contributed by atoms with Gasteiger partial charge >= 0.3 is 6.18 Å². The van der Waals surface area contributed by atoms with Gasteiger partial charge in [-0.1, -0.05) is 0 Å². The van der Waals surface area contributed by atoms with E-state index < -0.39 is 17.4 Å². The van der Waals surface area contributed by atoms with Crippen LogP contribution in [0.2, 0.25) is 0 Å². The predicted molar refractivity (Wildman–Crippen MR) is 48.6 cm³/mol. The molecule has 1 N–H and O–H groups in total. The van der Waals surface area contributed by atoms with Crippen molar-refractivity contribution in [3.05, 3.63) is 22.1 Å². The summed E-state index contributed by atoms with van der Waals surface area (Å²) in [6.45, 7) is 0.708. The van der Waals surface area contributed by atoms with E-state index >= 15 is 0 Å². The zero-order valence-electron chi connectivity index (χ0n) is 8.43. The van der Waals surface area contributed by atoms with Gasteiger partial charge in [0.1, 0.15) is 5.69 Å². The van der Waals surface area contributed by atoms with E-state index in [0.29, 0.717) is 12.6 Å². The van der Waals surface area contributed by atoms with Gasteiger partial charge in [-0.25, -0.2) is 0 Å². The highest BCUT2D eigenvalue weighted by atomic mass is 19.4. The van der Waals surface area contributed by atoms with E-state index in [9.17, 15) is 18.0 Å². The van der Waals surface area contributed by atoms with Crippen LogP contribution in [-0.2, 0) is 12.7 Å². The molecule has 1 aromatic rings. The van der Waals surface area contributed by atoms with E-state index in [1.165, 1.54) is 0 Å². The van der Waals surface area contributed by atoms with Crippen molar-refractivity contribution in [2.75, 3.05) is 20.6 Å². The summed E-state index contributed by atoms with van der Waals surface area (Å²) in [5, 5.41) is 2.03.